The molecule has 114 valence electrons. The number of nitrogens with zero attached hydrogens (tertiary/aromatic N) is 1. The van der Waals surface area contributed by atoms with Gasteiger partial charge >= 0.3 is 0 Å². The summed E-state index contributed by atoms with van der Waals surface area (Å²) in [5.41, 5.74) is 0. The highest BCUT2D eigenvalue weighted by atomic mass is 32.2. The number of likely N-dealkylation sites (tertiary alicyclic amines) is 1. The van der Waals surface area contributed by atoms with E-state index >= 15 is 0 Å². The van der Waals surface area contributed by atoms with E-state index in [1.165, 1.54) is 6.42 Å². The van der Waals surface area contributed by atoms with E-state index in [0.29, 0.717) is 12.6 Å². The number of piperidine rings is 1. The first-order valence-corrected chi connectivity index (χ1v) is 8.93. The van der Waals surface area contributed by atoms with Crippen molar-refractivity contribution in [3.63, 3.8) is 0 Å². The van der Waals surface area contributed by atoms with E-state index in [0.717, 1.165) is 25.8 Å². The van der Waals surface area contributed by atoms with Crippen molar-refractivity contribution in [3.05, 3.63) is 0 Å². The van der Waals surface area contributed by atoms with E-state index in [1.807, 2.05) is 0 Å². The molecule has 1 fully saturated rings. The van der Waals surface area contributed by atoms with Crippen LogP contribution in [0.4, 0.5) is 0 Å². The average molecular weight is 291 g/mol. The minimum Gasteiger partial charge on any atom is -0.393 e. The molecule has 1 heterocycles. The molecule has 19 heavy (non-hydrogen) atoms. The predicted molar refractivity (Wildman–Crippen MR) is 79.0 cm³/mol. The van der Waals surface area contributed by atoms with Gasteiger partial charge in [0.25, 0.3) is 0 Å². The van der Waals surface area contributed by atoms with Gasteiger partial charge in [0.05, 0.1) is 16.6 Å². The third-order valence-corrected chi connectivity index (χ3v) is 6.53. The number of hydrogen-bond donors (Lipinski definition) is 1. The fourth-order valence-electron chi connectivity index (χ4n) is 2.56. The lowest BCUT2D eigenvalue weighted by Crippen LogP contribution is -2.45. The standard InChI is InChI=1S/C14H29NO3S/c1-12(16)11-13-7-5-6-8-15(13)9-10-19(17,18)14(2,3)4/h12-13,16H,5-11H2,1-4H3. The lowest BCUT2D eigenvalue weighted by Gasteiger charge is -2.36. The fraction of sp³-hybridized carbons (Fsp3) is 1.00. The van der Waals surface area contributed by atoms with Crippen molar-refractivity contribution in [1.29, 1.82) is 0 Å². The molecule has 2 unspecified atom stereocenters. The molecule has 4 nitrogen and oxygen atoms in total. The van der Waals surface area contributed by atoms with Crippen LogP contribution in [-0.4, -0.2) is 54.2 Å². The van der Waals surface area contributed by atoms with Crippen molar-refractivity contribution in [1.82, 2.24) is 4.90 Å². The molecule has 1 aliphatic heterocycles. The summed E-state index contributed by atoms with van der Waals surface area (Å²) in [5, 5.41) is 9.53. The van der Waals surface area contributed by atoms with Gasteiger partial charge in [-0.15, -0.1) is 0 Å². The molecule has 0 amide bonds. The second-order valence-corrected chi connectivity index (χ2v) is 9.56. The van der Waals surface area contributed by atoms with Crippen molar-refractivity contribution in [3.8, 4) is 0 Å². The third-order valence-electron chi connectivity index (χ3n) is 3.94. The van der Waals surface area contributed by atoms with Gasteiger partial charge in [0.1, 0.15) is 0 Å². The number of hydrogen-bond acceptors (Lipinski definition) is 4. The van der Waals surface area contributed by atoms with Gasteiger partial charge in [-0.2, -0.15) is 0 Å². The SMILES string of the molecule is CC(O)CC1CCCCN1CCS(=O)(=O)C(C)(C)C. The Morgan fingerprint density at radius 2 is 1.95 bits per heavy atom. The molecule has 0 saturated carbocycles. The third kappa shape index (κ3) is 5.04. The van der Waals surface area contributed by atoms with E-state index in [1.54, 1.807) is 27.7 Å². The Bertz CT molecular complexity index is 371. The molecule has 0 aliphatic carbocycles. The average Bonchev–Trinajstić information content (AvgIpc) is 2.25. The monoisotopic (exact) mass is 291 g/mol. The molecule has 1 N–H and O–H groups in total. The summed E-state index contributed by atoms with van der Waals surface area (Å²) in [6, 6.07) is 0.337. The van der Waals surface area contributed by atoms with E-state index < -0.39 is 14.6 Å². The molecule has 0 aromatic rings. The van der Waals surface area contributed by atoms with Crippen LogP contribution >= 0.6 is 0 Å². The first-order chi connectivity index (χ1) is 8.63. The van der Waals surface area contributed by atoms with Crippen molar-refractivity contribution in [2.24, 2.45) is 0 Å². The quantitative estimate of drug-likeness (QED) is 0.839. The summed E-state index contributed by atoms with van der Waals surface area (Å²) in [4.78, 5) is 2.25. The van der Waals surface area contributed by atoms with Gasteiger partial charge in [0, 0.05) is 12.6 Å². The van der Waals surface area contributed by atoms with Gasteiger partial charge in [-0.1, -0.05) is 6.42 Å². The number of aliphatic hydroxyl groups excluding tert-OH is 1. The Labute approximate surface area is 118 Å². The molecule has 1 saturated heterocycles. The lowest BCUT2D eigenvalue weighted by molar-refractivity contribution is 0.0913. The molecule has 1 aliphatic rings. The Kier molecular flexibility index (Phi) is 5.83. The zero-order valence-corrected chi connectivity index (χ0v) is 13.5. The van der Waals surface area contributed by atoms with Crippen LogP contribution in [0.15, 0.2) is 0 Å². The Morgan fingerprint density at radius 3 is 2.47 bits per heavy atom. The summed E-state index contributed by atoms with van der Waals surface area (Å²) < 4.78 is 23.6. The van der Waals surface area contributed by atoms with E-state index in [4.69, 9.17) is 0 Å². The van der Waals surface area contributed by atoms with Crippen LogP contribution in [0.5, 0.6) is 0 Å². The van der Waals surface area contributed by atoms with Crippen LogP contribution < -0.4 is 0 Å². The smallest absolute Gasteiger partial charge is 0.156 e. The van der Waals surface area contributed by atoms with E-state index in [2.05, 4.69) is 4.90 Å². The maximum Gasteiger partial charge on any atom is 0.156 e. The predicted octanol–water partition coefficient (Wildman–Crippen LogP) is 1.83. The zero-order chi connectivity index (χ0) is 14.7. The lowest BCUT2D eigenvalue weighted by atomic mass is 9.97. The van der Waals surface area contributed by atoms with E-state index in [-0.39, 0.29) is 11.9 Å². The second kappa shape index (κ2) is 6.55. The summed E-state index contributed by atoms with van der Waals surface area (Å²) in [6.45, 7) is 8.62. The molecule has 0 radical (unpaired) electrons. The maximum absolute atomic E-state index is 12.1. The van der Waals surface area contributed by atoms with Gasteiger partial charge in [0.15, 0.2) is 9.84 Å². The summed E-state index contributed by atoms with van der Waals surface area (Å²) in [5.74, 6) is 0.215. The van der Waals surface area contributed by atoms with Gasteiger partial charge in [0.2, 0.25) is 0 Å². The summed E-state index contributed by atoms with van der Waals surface area (Å²) >= 11 is 0. The molecular formula is C14H29NO3S. The van der Waals surface area contributed by atoms with Gasteiger partial charge in [-0.05, 0) is 53.5 Å². The Hall–Kier alpha value is -0.130. The highest BCUT2D eigenvalue weighted by Gasteiger charge is 2.31. The first kappa shape index (κ1) is 16.9. The van der Waals surface area contributed by atoms with E-state index in [9.17, 15) is 13.5 Å². The van der Waals surface area contributed by atoms with Gasteiger partial charge in [-0.3, -0.25) is 4.90 Å². The molecule has 2 atom stereocenters. The molecular weight excluding hydrogens is 262 g/mol. The van der Waals surface area contributed by atoms with Crippen molar-refractivity contribution < 1.29 is 13.5 Å². The van der Waals surface area contributed by atoms with Crippen molar-refractivity contribution >= 4 is 9.84 Å². The van der Waals surface area contributed by atoms with Crippen molar-refractivity contribution in [2.45, 2.75) is 70.3 Å². The van der Waals surface area contributed by atoms with Crippen LogP contribution in [0.3, 0.4) is 0 Å². The molecule has 0 aromatic carbocycles. The largest absolute Gasteiger partial charge is 0.393 e. The highest BCUT2D eigenvalue weighted by molar-refractivity contribution is 7.92. The summed E-state index contributed by atoms with van der Waals surface area (Å²) in [7, 11) is -3.05. The molecule has 0 spiro atoms. The number of rotatable bonds is 5. The number of aliphatic hydroxyl groups is 1. The van der Waals surface area contributed by atoms with Gasteiger partial charge in [-0.25, -0.2) is 8.42 Å². The zero-order valence-electron chi connectivity index (χ0n) is 12.7. The van der Waals surface area contributed by atoms with Crippen LogP contribution in [0, 0.1) is 0 Å². The number of sulfone groups is 1. The van der Waals surface area contributed by atoms with Crippen LogP contribution in [0.25, 0.3) is 0 Å². The van der Waals surface area contributed by atoms with Crippen molar-refractivity contribution in [2.75, 3.05) is 18.8 Å². The first-order valence-electron chi connectivity index (χ1n) is 7.28. The normalized spacial score (nSPS) is 24.4. The van der Waals surface area contributed by atoms with Crippen LogP contribution in [-0.2, 0) is 9.84 Å². The molecule has 5 heteroatoms. The maximum atomic E-state index is 12.1. The Morgan fingerprint density at radius 1 is 1.32 bits per heavy atom. The fourth-order valence-corrected chi connectivity index (χ4v) is 3.65. The molecule has 0 bridgehead atoms. The highest BCUT2D eigenvalue weighted by Crippen LogP contribution is 2.22. The summed E-state index contributed by atoms with van der Waals surface area (Å²) in [6.07, 6.45) is 3.81. The van der Waals surface area contributed by atoms with Crippen LogP contribution in [0.1, 0.15) is 53.4 Å². The molecule has 0 aromatic heterocycles. The second-order valence-electron chi connectivity index (χ2n) is 6.70. The minimum atomic E-state index is -3.05. The van der Waals surface area contributed by atoms with Crippen LogP contribution in [0.2, 0.25) is 0 Å². The topological polar surface area (TPSA) is 57.6 Å². The molecule has 1 rings (SSSR count). The minimum absolute atomic E-state index is 0.215. The Balaban J connectivity index is 2.59. The van der Waals surface area contributed by atoms with Gasteiger partial charge < -0.3 is 5.11 Å².